The molecule has 102 valence electrons. The first kappa shape index (κ1) is 12.3. The Kier molecular flexibility index (Phi) is 3.29. The predicted molar refractivity (Wildman–Crippen MR) is 72.1 cm³/mol. The van der Waals surface area contributed by atoms with Gasteiger partial charge in [0.15, 0.2) is 11.5 Å². The molecule has 0 N–H and O–H groups in total. The van der Waals surface area contributed by atoms with E-state index in [0.717, 1.165) is 37.9 Å². The topological polar surface area (TPSA) is 62.5 Å². The van der Waals surface area contributed by atoms with E-state index in [4.69, 9.17) is 0 Å². The minimum atomic E-state index is 0.685. The summed E-state index contributed by atoms with van der Waals surface area (Å²) in [6.07, 6.45) is 1.22. The van der Waals surface area contributed by atoms with E-state index in [1.54, 1.807) is 0 Å². The molecule has 1 saturated heterocycles. The quantitative estimate of drug-likeness (QED) is 0.788. The number of anilines is 1. The number of hydrogen-bond acceptors (Lipinski definition) is 6. The van der Waals surface area contributed by atoms with E-state index in [1.165, 1.54) is 11.1 Å². The van der Waals surface area contributed by atoms with Crippen LogP contribution in [0.3, 0.4) is 0 Å². The fourth-order valence-electron chi connectivity index (χ4n) is 2.57. The molecule has 1 aliphatic rings. The van der Waals surface area contributed by atoms with Crippen LogP contribution in [-0.4, -0.2) is 63.4 Å². The first-order valence-electron chi connectivity index (χ1n) is 6.75. The third-order valence-electron chi connectivity index (χ3n) is 3.78. The normalized spacial score (nSPS) is 19.7. The van der Waals surface area contributed by atoms with E-state index >= 15 is 0 Å². The summed E-state index contributed by atoms with van der Waals surface area (Å²) >= 11 is 0. The zero-order chi connectivity index (χ0) is 13.2. The van der Waals surface area contributed by atoms with Crippen molar-refractivity contribution in [2.45, 2.75) is 13.3 Å². The molecule has 0 aromatic carbocycles. The molecule has 0 bridgehead atoms. The highest BCUT2D eigenvalue weighted by molar-refractivity contribution is 5.45. The lowest BCUT2D eigenvalue weighted by atomic mass is 10.1. The van der Waals surface area contributed by atoms with Gasteiger partial charge in [-0.2, -0.15) is 0 Å². The molecule has 3 rings (SSSR count). The van der Waals surface area contributed by atoms with Crippen LogP contribution < -0.4 is 4.90 Å². The van der Waals surface area contributed by atoms with Gasteiger partial charge in [-0.3, -0.25) is 0 Å². The van der Waals surface area contributed by atoms with Gasteiger partial charge in [-0.05, 0) is 48.5 Å². The third-order valence-corrected chi connectivity index (χ3v) is 3.78. The summed E-state index contributed by atoms with van der Waals surface area (Å²) in [6.45, 7) is 6.57. The van der Waals surface area contributed by atoms with Crippen LogP contribution in [0, 0.1) is 5.92 Å². The average molecular weight is 261 g/mol. The van der Waals surface area contributed by atoms with Gasteiger partial charge in [-0.25, -0.2) is 0 Å². The fourth-order valence-corrected chi connectivity index (χ4v) is 2.57. The Hall–Kier alpha value is -1.76. The van der Waals surface area contributed by atoms with Crippen LogP contribution in [0.5, 0.6) is 0 Å². The van der Waals surface area contributed by atoms with E-state index in [-0.39, 0.29) is 0 Å². The van der Waals surface area contributed by atoms with E-state index < -0.39 is 0 Å². The summed E-state index contributed by atoms with van der Waals surface area (Å²) in [7, 11) is 2.17. The van der Waals surface area contributed by atoms with Gasteiger partial charge < -0.3 is 9.80 Å². The second-order valence-corrected chi connectivity index (χ2v) is 5.17. The zero-order valence-corrected chi connectivity index (χ0v) is 11.4. The summed E-state index contributed by atoms with van der Waals surface area (Å²) in [5.74, 6) is 1.68. The Morgan fingerprint density at radius 1 is 1.42 bits per heavy atom. The monoisotopic (exact) mass is 261 g/mol. The van der Waals surface area contributed by atoms with Gasteiger partial charge in [0.05, 0.1) is 0 Å². The molecule has 0 spiro atoms. The molecule has 1 unspecified atom stereocenters. The van der Waals surface area contributed by atoms with Crippen LogP contribution in [-0.2, 0) is 0 Å². The molecular weight excluding hydrogens is 242 g/mol. The Morgan fingerprint density at radius 3 is 3.16 bits per heavy atom. The molecule has 2 aromatic rings. The molecule has 0 radical (unpaired) electrons. The van der Waals surface area contributed by atoms with Gasteiger partial charge in [0.1, 0.15) is 0 Å². The van der Waals surface area contributed by atoms with E-state index in [2.05, 4.69) is 44.4 Å². The van der Waals surface area contributed by atoms with E-state index in [1.807, 2.05) is 12.1 Å². The van der Waals surface area contributed by atoms with Crippen molar-refractivity contribution < 1.29 is 0 Å². The average Bonchev–Trinajstić information content (AvgIpc) is 3.05. The molecule has 1 fully saturated rings. The fraction of sp³-hybridized carbons (Fsp3) is 0.667. The predicted octanol–water partition coefficient (Wildman–Crippen LogP) is 0.297. The lowest BCUT2D eigenvalue weighted by Gasteiger charge is -2.20. The van der Waals surface area contributed by atoms with Crippen molar-refractivity contribution in [2.75, 3.05) is 38.1 Å². The number of aromatic nitrogens is 5. The lowest BCUT2D eigenvalue weighted by Crippen LogP contribution is -2.28. The van der Waals surface area contributed by atoms with E-state index in [9.17, 15) is 0 Å². The smallest absolute Gasteiger partial charge is 0.200 e. The number of tetrazole rings is 1. The van der Waals surface area contributed by atoms with Crippen LogP contribution in [0.4, 0.5) is 5.82 Å². The summed E-state index contributed by atoms with van der Waals surface area (Å²) in [5.41, 5.74) is 0.685. The molecule has 0 amide bonds. The molecule has 0 aliphatic carbocycles. The van der Waals surface area contributed by atoms with Crippen LogP contribution in [0.15, 0.2) is 12.1 Å². The summed E-state index contributed by atoms with van der Waals surface area (Å²) < 4.78 is 1.49. The standard InChI is InChI=1S/C12H19N7/c1-3-17(2)8-10-6-7-18(9-10)12-5-4-11-13-15-16-19(11)14-12/h4-5,10H,3,6-9H2,1-2H3. The van der Waals surface area contributed by atoms with Crippen LogP contribution in [0.2, 0.25) is 0 Å². The Labute approximate surface area is 112 Å². The second kappa shape index (κ2) is 5.08. The molecule has 19 heavy (non-hydrogen) atoms. The molecule has 3 heterocycles. The maximum atomic E-state index is 4.44. The van der Waals surface area contributed by atoms with Crippen molar-refractivity contribution in [1.82, 2.24) is 30.2 Å². The maximum absolute atomic E-state index is 4.44. The minimum absolute atomic E-state index is 0.685. The molecule has 1 atom stereocenters. The number of hydrogen-bond donors (Lipinski definition) is 0. The first-order valence-corrected chi connectivity index (χ1v) is 6.75. The Bertz CT molecular complexity index is 552. The third kappa shape index (κ3) is 2.51. The zero-order valence-electron chi connectivity index (χ0n) is 11.4. The second-order valence-electron chi connectivity index (χ2n) is 5.17. The largest absolute Gasteiger partial charge is 0.355 e. The van der Waals surface area contributed by atoms with Crippen molar-refractivity contribution in [2.24, 2.45) is 5.92 Å². The number of nitrogens with zero attached hydrogens (tertiary/aromatic N) is 7. The lowest BCUT2D eigenvalue weighted by molar-refractivity contribution is 0.300. The SMILES string of the molecule is CCN(C)CC1CCN(c2ccc3nnnn3n2)C1. The molecule has 7 nitrogen and oxygen atoms in total. The van der Waals surface area contributed by atoms with Crippen molar-refractivity contribution in [3.8, 4) is 0 Å². The summed E-state index contributed by atoms with van der Waals surface area (Å²) in [4.78, 5) is 4.68. The Balaban J connectivity index is 1.69. The van der Waals surface area contributed by atoms with Crippen LogP contribution in [0.25, 0.3) is 5.65 Å². The number of rotatable bonds is 4. The highest BCUT2D eigenvalue weighted by Gasteiger charge is 2.24. The summed E-state index contributed by atoms with van der Waals surface area (Å²) in [6, 6.07) is 3.91. The molecule has 2 aromatic heterocycles. The van der Waals surface area contributed by atoms with Gasteiger partial charge in [-0.15, -0.1) is 14.8 Å². The van der Waals surface area contributed by atoms with Gasteiger partial charge >= 0.3 is 0 Å². The van der Waals surface area contributed by atoms with Gasteiger partial charge in [-0.1, -0.05) is 6.92 Å². The van der Waals surface area contributed by atoms with Gasteiger partial charge in [0.2, 0.25) is 0 Å². The van der Waals surface area contributed by atoms with Gasteiger partial charge in [0, 0.05) is 19.6 Å². The highest BCUT2D eigenvalue weighted by atomic mass is 15.6. The molecule has 7 heteroatoms. The first-order chi connectivity index (χ1) is 9.26. The van der Waals surface area contributed by atoms with Crippen LogP contribution >= 0.6 is 0 Å². The van der Waals surface area contributed by atoms with Crippen molar-refractivity contribution in [3.63, 3.8) is 0 Å². The highest BCUT2D eigenvalue weighted by Crippen LogP contribution is 2.22. The van der Waals surface area contributed by atoms with Crippen molar-refractivity contribution in [1.29, 1.82) is 0 Å². The van der Waals surface area contributed by atoms with Gasteiger partial charge in [0.25, 0.3) is 0 Å². The van der Waals surface area contributed by atoms with Crippen molar-refractivity contribution >= 4 is 11.5 Å². The molecule has 0 saturated carbocycles. The molecular formula is C12H19N7. The minimum Gasteiger partial charge on any atom is -0.355 e. The van der Waals surface area contributed by atoms with Crippen molar-refractivity contribution in [3.05, 3.63) is 12.1 Å². The maximum Gasteiger partial charge on any atom is 0.200 e. The Morgan fingerprint density at radius 2 is 2.32 bits per heavy atom. The van der Waals surface area contributed by atoms with E-state index in [0.29, 0.717) is 5.65 Å². The molecule has 1 aliphatic heterocycles. The number of fused-ring (bicyclic) bond motifs is 1. The summed E-state index contributed by atoms with van der Waals surface area (Å²) in [5, 5.41) is 15.8. The van der Waals surface area contributed by atoms with Crippen LogP contribution in [0.1, 0.15) is 13.3 Å².